The number of allylic oxidation sites excluding steroid dienone is 1. The molecule has 0 aliphatic heterocycles. The van der Waals surface area contributed by atoms with Crippen molar-refractivity contribution in [2.45, 2.75) is 59.0 Å². The van der Waals surface area contributed by atoms with Crippen molar-refractivity contribution in [3.63, 3.8) is 0 Å². The predicted octanol–water partition coefficient (Wildman–Crippen LogP) is 5.06. The van der Waals surface area contributed by atoms with E-state index in [0.717, 1.165) is 12.8 Å². The van der Waals surface area contributed by atoms with E-state index in [9.17, 15) is 5.11 Å². The minimum Gasteiger partial charge on any atom is -0.389 e. The molecule has 0 saturated heterocycles. The summed E-state index contributed by atoms with van der Waals surface area (Å²) in [6.07, 6.45) is 7.47. The molecule has 0 spiro atoms. The van der Waals surface area contributed by atoms with Gasteiger partial charge in [-0.2, -0.15) is 0 Å². The second-order valence-electron chi connectivity index (χ2n) is 5.56. The highest BCUT2D eigenvalue weighted by Gasteiger charge is 2.09. The summed E-state index contributed by atoms with van der Waals surface area (Å²) in [4.78, 5) is 0. The molecule has 106 valence electrons. The van der Waals surface area contributed by atoms with Crippen LogP contribution in [0.25, 0.3) is 5.57 Å². The number of hydrogen-bond donors (Lipinski definition) is 1. The van der Waals surface area contributed by atoms with Gasteiger partial charge < -0.3 is 5.11 Å². The second-order valence-corrected chi connectivity index (χ2v) is 5.56. The fraction of sp³-hybridized carbons (Fsp3) is 0.556. The van der Waals surface area contributed by atoms with E-state index in [1.54, 1.807) is 0 Å². The van der Waals surface area contributed by atoms with Crippen molar-refractivity contribution < 1.29 is 5.11 Å². The molecular formula is C18H28O. The zero-order valence-electron chi connectivity index (χ0n) is 12.6. The highest BCUT2D eigenvalue weighted by Crippen LogP contribution is 2.24. The molecule has 1 aromatic carbocycles. The minimum atomic E-state index is -0.311. The van der Waals surface area contributed by atoms with E-state index < -0.39 is 0 Å². The van der Waals surface area contributed by atoms with E-state index in [1.807, 2.05) is 12.1 Å². The lowest BCUT2D eigenvalue weighted by molar-refractivity contribution is 0.208. The molecule has 0 bridgehead atoms. The molecule has 19 heavy (non-hydrogen) atoms. The molecular weight excluding hydrogens is 232 g/mol. The Kier molecular flexibility index (Phi) is 7.50. The smallest absolute Gasteiger partial charge is 0.0726 e. The first-order valence-electron chi connectivity index (χ1n) is 7.60. The molecule has 1 N–H and O–H groups in total. The van der Waals surface area contributed by atoms with Gasteiger partial charge in [-0.1, -0.05) is 82.9 Å². The summed E-state index contributed by atoms with van der Waals surface area (Å²) in [6, 6.07) is 10.4. The van der Waals surface area contributed by atoms with Crippen LogP contribution in [0.5, 0.6) is 0 Å². The first-order valence-corrected chi connectivity index (χ1v) is 7.60. The molecule has 0 fully saturated rings. The molecule has 0 amide bonds. The van der Waals surface area contributed by atoms with Gasteiger partial charge in [-0.25, -0.2) is 0 Å². The summed E-state index contributed by atoms with van der Waals surface area (Å²) in [7, 11) is 0. The van der Waals surface area contributed by atoms with Crippen molar-refractivity contribution in [2.75, 3.05) is 0 Å². The minimum absolute atomic E-state index is 0.311. The zero-order valence-corrected chi connectivity index (χ0v) is 12.6. The first-order chi connectivity index (χ1) is 9.15. The Bertz CT molecular complexity index is 365. The third-order valence-electron chi connectivity index (χ3n) is 3.45. The lowest BCUT2D eigenvalue weighted by Crippen LogP contribution is -2.05. The quantitative estimate of drug-likeness (QED) is 0.648. The highest BCUT2D eigenvalue weighted by molar-refractivity contribution is 5.67. The van der Waals surface area contributed by atoms with Gasteiger partial charge in [-0.05, 0) is 23.5 Å². The number of unbranched alkanes of at least 4 members (excludes halogenated alkanes) is 3. The van der Waals surface area contributed by atoms with E-state index in [4.69, 9.17) is 0 Å². The van der Waals surface area contributed by atoms with Crippen LogP contribution in [0.4, 0.5) is 0 Å². The molecule has 1 nitrogen and oxygen atoms in total. The van der Waals surface area contributed by atoms with E-state index >= 15 is 0 Å². The van der Waals surface area contributed by atoms with Crippen LogP contribution in [0.1, 0.15) is 58.4 Å². The van der Waals surface area contributed by atoms with Crippen molar-refractivity contribution in [1.82, 2.24) is 0 Å². The van der Waals surface area contributed by atoms with Gasteiger partial charge in [0.25, 0.3) is 0 Å². The lowest BCUT2D eigenvalue weighted by atomic mass is 9.93. The van der Waals surface area contributed by atoms with Crippen LogP contribution in [0.2, 0.25) is 0 Å². The van der Waals surface area contributed by atoms with Gasteiger partial charge in [-0.15, -0.1) is 0 Å². The monoisotopic (exact) mass is 260 g/mol. The van der Waals surface area contributed by atoms with Gasteiger partial charge in [0.05, 0.1) is 6.10 Å². The van der Waals surface area contributed by atoms with Gasteiger partial charge >= 0.3 is 0 Å². The molecule has 0 radical (unpaired) electrons. The molecule has 0 aromatic heterocycles. The van der Waals surface area contributed by atoms with Crippen molar-refractivity contribution in [1.29, 1.82) is 0 Å². The Balaban J connectivity index is 2.63. The third-order valence-corrected chi connectivity index (χ3v) is 3.45. The third kappa shape index (κ3) is 6.07. The van der Waals surface area contributed by atoms with Crippen molar-refractivity contribution >= 4 is 5.57 Å². The summed E-state index contributed by atoms with van der Waals surface area (Å²) in [5.74, 6) is 0.438. The fourth-order valence-electron chi connectivity index (χ4n) is 2.32. The Morgan fingerprint density at radius 1 is 1.11 bits per heavy atom. The molecule has 1 heteroatoms. The first kappa shape index (κ1) is 16.0. The zero-order chi connectivity index (χ0) is 14.1. The van der Waals surface area contributed by atoms with E-state index in [-0.39, 0.29) is 6.10 Å². The summed E-state index contributed by atoms with van der Waals surface area (Å²) in [5, 5.41) is 10.2. The summed E-state index contributed by atoms with van der Waals surface area (Å²) >= 11 is 0. The normalized spacial score (nSPS) is 13.8. The van der Waals surface area contributed by atoms with E-state index in [0.29, 0.717) is 5.92 Å². The average Bonchev–Trinajstić information content (AvgIpc) is 2.41. The SMILES string of the molecule is CCCCCC[C@@H](O)/C=C(/c1ccccc1)C(C)C. The molecule has 1 rings (SSSR count). The van der Waals surface area contributed by atoms with Gasteiger partial charge in [-0.3, -0.25) is 0 Å². The Hall–Kier alpha value is -1.08. The molecule has 0 aliphatic carbocycles. The average molecular weight is 260 g/mol. The van der Waals surface area contributed by atoms with Gasteiger partial charge in [0.2, 0.25) is 0 Å². The second kappa shape index (κ2) is 8.92. The van der Waals surface area contributed by atoms with Crippen LogP contribution in [-0.4, -0.2) is 11.2 Å². The fourth-order valence-corrected chi connectivity index (χ4v) is 2.32. The van der Waals surface area contributed by atoms with E-state index in [2.05, 4.69) is 45.0 Å². The topological polar surface area (TPSA) is 20.2 Å². The molecule has 0 saturated carbocycles. The largest absolute Gasteiger partial charge is 0.389 e. The van der Waals surface area contributed by atoms with Crippen molar-refractivity contribution in [2.24, 2.45) is 5.92 Å². The number of hydrogen-bond acceptors (Lipinski definition) is 1. The maximum atomic E-state index is 10.2. The van der Waals surface area contributed by atoms with Gasteiger partial charge in [0.15, 0.2) is 0 Å². The Morgan fingerprint density at radius 3 is 2.37 bits per heavy atom. The number of rotatable bonds is 8. The van der Waals surface area contributed by atoms with Crippen molar-refractivity contribution in [3.05, 3.63) is 42.0 Å². The maximum Gasteiger partial charge on any atom is 0.0726 e. The van der Waals surface area contributed by atoms with Crippen LogP contribution < -0.4 is 0 Å². The van der Waals surface area contributed by atoms with Gasteiger partial charge in [0, 0.05) is 0 Å². The number of benzene rings is 1. The van der Waals surface area contributed by atoms with Crippen LogP contribution >= 0.6 is 0 Å². The summed E-state index contributed by atoms with van der Waals surface area (Å²) < 4.78 is 0. The summed E-state index contributed by atoms with van der Waals surface area (Å²) in [5.41, 5.74) is 2.48. The molecule has 1 atom stereocenters. The van der Waals surface area contributed by atoms with Crippen LogP contribution in [0.3, 0.4) is 0 Å². The van der Waals surface area contributed by atoms with E-state index in [1.165, 1.54) is 30.4 Å². The standard InChI is InChI=1S/C18H28O/c1-4-5-6-10-13-17(19)14-18(15(2)3)16-11-8-7-9-12-16/h7-9,11-12,14-15,17,19H,4-6,10,13H2,1-3H3/b18-14+/t17-/m1/s1. The molecule has 0 unspecified atom stereocenters. The van der Waals surface area contributed by atoms with Gasteiger partial charge in [0.1, 0.15) is 0 Å². The van der Waals surface area contributed by atoms with Crippen molar-refractivity contribution in [3.8, 4) is 0 Å². The Morgan fingerprint density at radius 2 is 1.79 bits per heavy atom. The maximum absolute atomic E-state index is 10.2. The number of aliphatic hydroxyl groups excluding tert-OH is 1. The molecule has 1 aromatic rings. The van der Waals surface area contributed by atoms with Crippen LogP contribution in [0, 0.1) is 5.92 Å². The highest BCUT2D eigenvalue weighted by atomic mass is 16.3. The Labute approximate surface area is 118 Å². The molecule has 0 aliphatic rings. The van der Waals surface area contributed by atoms with Crippen LogP contribution in [-0.2, 0) is 0 Å². The van der Waals surface area contributed by atoms with Crippen LogP contribution in [0.15, 0.2) is 36.4 Å². The molecule has 0 heterocycles. The number of aliphatic hydroxyl groups is 1. The summed E-state index contributed by atoms with van der Waals surface area (Å²) in [6.45, 7) is 6.58. The lowest BCUT2D eigenvalue weighted by Gasteiger charge is -2.15. The predicted molar refractivity (Wildman–Crippen MR) is 84.0 cm³/mol.